The van der Waals surface area contributed by atoms with Gasteiger partial charge in [0.15, 0.2) is 11.6 Å². The first-order valence-electron chi connectivity index (χ1n) is 9.74. The van der Waals surface area contributed by atoms with Crippen molar-refractivity contribution in [2.24, 2.45) is 5.92 Å². The first-order valence-corrected chi connectivity index (χ1v) is 9.74. The molecule has 0 spiro atoms. The van der Waals surface area contributed by atoms with Gasteiger partial charge in [-0.3, -0.25) is 4.39 Å². The van der Waals surface area contributed by atoms with Crippen LogP contribution in [-0.4, -0.2) is 13.0 Å². The predicted molar refractivity (Wildman–Crippen MR) is 103 cm³/mol. The highest BCUT2D eigenvalue weighted by Gasteiger charge is 2.32. The summed E-state index contributed by atoms with van der Waals surface area (Å²) in [6.45, 7) is -0.319. The highest BCUT2D eigenvalue weighted by atomic mass is 19.4. The van der Waals surface area contributed by atoms with Crippen molar-refractivity contribution in [3.05, 3.63) is 66.0 Å². The molecule has 1 aliphatic carbocycles. The molecule has 2 aromatic carbocycles. The third-order valence-electron chi connectivity index (χ3n) is 5.33. The van der Waals surface area contributed by atoms with Crippen molar-refractivity contribution in [1.82, 2.24) is 0 Å². The van der Waals surface area contributed by atoms with E-state index in [1.165, 1.54) is 11.6 Å². The first kappa shape index (κ1) is 21.3. The van der Waals surface area contributed by atoms with Gasteiger partial charge in [0.25, 0.3) is 0 Å². The fourth-order valence-corrected chi connectivity index (χ4v) is 3.83. The Morgan fingerprint density at radius 2 is 1.59 bits per heavy atom. The third-order valence-corrected chi connectivity index (χ3v) is 5.33. The Kier molecular flexibility index (Phi) is 6.93. The quantitative estimate of drug-likeness (QED) is 0.352. The Hall–Kier alpha value is -2.37. The maximum Gasteiger partial charge on any atom is 0.573 e. The SMILES string of the molecule is FCC/C=C/[C@H]1CC[C@H](c2ccc(-c3ccc(OC(F)(F)F)c(F)c3)cc2)CC1. The van der Waals surface area contributed by atoms with Gasteiger partial charge in [-0.2, -0.15) is 0 Å². The van der Waals surface area contributed by atoms with E-state index in [2.05, 4.69) is 10.8 Å². The molecule has 3 rings (SSSR count). The number of benzene rings is 2. The van der Waals surface area contributed by atoms with Gasteiger partial charge in [-0.15, -0.1) is 13.2 Å². The maximum absolute atomic E-state index is 13.9. The molecule has 0 bridgehead atoms. The molecule has 1 aliphatic rings. The largest absolute Gasteiger partial charge is 0.573 e. The molecule has 1 nitrogen and oxygen atoms in total. The lowest BCUT2D eigenvalue weighted by atomic mass is 9.78. The van der Waals surface area contributed by atoms with Crippen LogP contribution in [0.2, 0.25) is 0 Å². The number of allylic oxidation sites excluding steroid dienone is 2. The van der Waals surface area contributed by atoms with Crippen molar-refractivity contribution in [1.29, 1.82) is 0 Å². The Morgan fingerprint density at radius 1 is 0.931 bits per heavy atom. The standard InChI is InChI=1S/C23H23F5O/c24-14-2-1-3-16-4-6-17(7-5-16)18-8-10-19(11-9-18)20-12-13-22(21(25)15-20)29-23(26,27)28/h1,3,8-13,15-17H,2,4-7,14H2/b3-1+/t16-,17-. The molecule has 0 aliphatic heterocycles. The monoisotopic (exact) mass is 410 g/mol. The van der Waals surface area contributed by atoms with Crippen molar-refractivity contribution in [3.8, 4) is 16.9 Å². The van der Waals surface area contributed by atoms with Crippen molar-refractivity contribution < 1.29 is 26.7 Å². The average Bonchev–Trinajstić information content (AvgIpc) is 2.69. The van der Waals surface area contributed by atoms with Crippen LogP contribution in [0.1, 0.15) is 43.6 Å². The Morgan fingerprint density at radius 3 is 2.17 bits per heavy atom. The first-order chi connectivity index (χ1) is 13.9. The molecule has 0 radical (unpaired) electrons. The summed E-state index contributed by atoms with van der Waals surface area (Å²) in [5, 5.41) is 0. The molecule has 0 atom stereocenters. The summed E-state index contributed by atoms with van der Waals surface area (Å²) in [5.41, 5.74) is 2.43. The number of ether oxygens (including phenoxy) is 1. The molecule has 29 heavy (non-hydrogen) atoms. The van der Waals surface area contributed by atoms with Gasteiger partial charge in [0.2, 0.25) is 0 Å². The Bertz CT molecular complexity index is 818. The van der Waals surface area contributed by atoms with Crippen LogP contribution < -0.4 is 4.74 Å². The van der Waals surface area contributed by atoms with E-state index >= 15 is 0 Å². The summed E-state index contributed by atoms with van der Waals surface area (Å²) in [5.74, 6) is -0.926. The number of alkyl halides is 4. The lowest BCUT2D eigenvalue weighted by Gasteiger charge is -2.27. The summed E-state index contributed by atoms with van der Waals surface area (Å²) >= 11 is 0. The molecule has 1 saturated carbocycles. The van der Waals surface area contributed by atoms with Gasteiger partial charge in [-0.05, 0) is 72.8 Å². The van der Waals surface area contributed by atoms with Crippen LogP contribution >= 0.6 is 0 Å². The molecule has 1 fully saturated rings. The summed E-state index contributed by atoms with van der Waals surface area (Å²) in [6.07, 6.45) is 3.85. The zero-order chi connectivity index (χ0) is 20.9. The lowest BCUT2D eigenvalue weighted by molar-refractivity contribution is -0.275. The summed E-state index contributed by atoms with van der Waals surface area (Å²) < 4.78 is 66.5. The summed E-state index contributed by atoms with van der Waals surface area (Å²) in [7, 11) is 0. The van der Waals surface area contributed by atoms with Gasteiger partial charge >= 0.3 is 6.36 Å². The van der Waals surface area contributed by atoms with Crippen LogP contribution in [0.25, 0.3) is 11.1 Å². The van der Waals surface area contributed by atoms with Gasteiger partial charge in [0.1, 0.15) is 0 Å². The number of halogens is 5. The van der Waals surface area contributed by atoms with E-state index in [4.69, 9.17) is 0 Å². The summed E-state index contributed by atoms with van der Waals surface area (Å²) in [4.78, 5) is 0. The van der Waals surface area contributed by atoms with Crippen LogP contribution in [0, 0.1) is 11.7 Å². The van der Waals surface area contributed by atoms with E-state index in [0.29, 0.717) is 23.8 Å². The van der Waals surface area contributed by atoms with Gasteiger partial charge in [-0.25, -0.2) is 4.39 Å². The second-order valence-electron chi connectivity index (χ2n) is 7.33. The molecule has 0 saturated heterocycles. The Labute approximate surface area is 167 Å². The minimum atomic E-state index is -4.92. The molecule has 0 amide bonds. The zero-order valence-corrected chi connectivity index (χ0v) is 15.9. The molecule has 156 valence electrons. The fraction of sp³-hybridized carbons (Fsp3) is 0.391. The second-order valence-corrected chi connectivity index (χ2v) is 7.33. The third kappa shape index (κ3) is 6.05. The normalized spacial score (nSPS) is 20.2. The summed E-state index contributed by atoms with van der Waals surface area (Å²) in [6, 6.07) is 11.2. The van der Waals surface area contributed by atoms with Crippen LogP contribution in [0.4, 0.5) is 22.0 Å². The molecule has 0 heterocycles. The van der Waals surface area contributed by atoms with E-state index in [0.717, 1.165) is 43.4 Å². The van der Waals surface area contributed by atoms with Crippen LogP contribution in [0.3, 0.4) is 0 Å². The highest BCUT2D eigenvalue weighted by Crippen LogP contribution is 2.37. The Balaban J connectivity index is 1.63. The molecule has 2 aromatic rings. The molecular formula is C23H23F5O. The minimum absolute atomic E-state index is 0.319. The molecule has 0 aromatic heterocycles. The molecule has 6 heteroatoms. The van der Waals surface area contributed by atoms with Crippen molar-refractivity contribution >= 4 is 0 Å². The van der Waals surface area contributed by atoms with Crippen molar-refractivity contribution in [2.75, 3.05) is 6.67 Å². The van der Waals surface area contributed by atoms with Crippen LogP contribution in [0.15, 0.2) is 54.6 Å². The molecular weight excluding hydrogens is 387 g/mol. The average molecular weight is 410 g/mol. The minimum Gasteiger partial charge on any atom is -0.403 e. The highest BCUT2D eigenvalue weighted by molar-refractivity contribution is 5.64. The zero-order valence-electron chi connectivity index (χ0n) is 15.9. The number of rotatable bonds is 6. The number of hydrogen-bond donors (Lipinski definition) is 0. The van der Waals surface area contributed by atoms with Crippen molar-refractivity contribution in [2.45, 2.75) is 44.4 Å². The van der Waals surface area contributed by atoms with E-state index in [9.17, 15) is 22.0 Å². The van der Waals surface area contributed by atoms with E-state index in [1.807, 2.05) is 30.3 Å². The van der Waals surface area contributed by atoms with Gasteiger partial charge < -0.3 is 4.74 Å². The van der Waals surface area contributed by atoms with Gasteiger partial charge in [-0.1, -0.05) is 42.5 Å². The smallest absolute Gasteiger partial charge is 0.403 e. The topological polar surface area (TPSA) is 9.23 Å². The van der Waals surface area contributed by atoms with Gasteiger partial charge in [0.05, 0.1) is 6.67 Å². The predicted octanol–water partition coefficient (Wildman–Crippen LogP) is 7.58. The van der Waals surface area contributed by atoms with Crippen molar-refractivity contribution in [3.63, 3.8) is 0 Å². The van der Waals surface area contributed by atoms with Crippen LogP contribution in [-0.2, 0) is 0 Å². The molecule has 0 N–H and O–H groups in total. The van der Waals surface area contributed by atoms with Crippen LogP contribution in [0.5, 0.6) is 5.75 Å². The lowest BCUT2D eigenvalue weighted by Crippen LogP contribution is -2.17. The second kappa shape index (κ2) is 9.42. The fourth-order valence-electron chi connectivity index (χ4n) is 3.83. The number of hydrogen-bond acceptors (Lipinski definition) is 1. The van der Waals surface area contributed by atoms with Gasteiger partial charge in [0, 0.05) is 0 Å². The van der Waals surface area contributed by atoms with E-state index in [1.54, 1.807) is 0 Å². The van der Waals surface area contributed by atoms with E-state index < -0.39 is 17.9 Å². The molecule has 0 unspecified atom stereocenters. The van der Waals surface area contributed by atoms with E-state index in [-0.39, 0.29) is 6.67 Å². The maximum atomic E-state index is 13.9.